The number of nitrogens with zero attached hydrogens (tertiary/aromatic N) is 1. The van der Waals surface area contributed by atoms with Crippen LogP contribution < -0.4 is 0 Å². The predicted octanol–water partition coefficient (Wildman–Crippen LogP) is 2.88. The van der Waals surface area contributed by atoms with Crippen molar-refractivity contribution >= 4 is 29.2 Å². The van der Waals surface area contributed by atoms with Crippen molar-refractivity contribution in [3.8, 4) is 0 Å². The van der Waals surface area contributed by atoms with Gasteiger partial charge in [-0.1, -0.05) is 11.6 Å². The number of fused-ring (bicyclic) bond motifs is 1. The Morgan fingerprint density at radius 3 is 3.29 bits per heavy atom. The monoisotopic (exact) mass is 229 g/mol. The van der Waals surface area contributed by atoms with E-state index in [0.29, 0.717) is 16.8 Å². The molecule has 1 aliphatic rings. The SMILES string of the molecule is O=CCCC1CCc2nc(Cl)sc2C1. The van der Waals surface area contributed by atoms with Crippen LogP contribution in [0.4, 0.5) is 0 Å². The van der Waals surface area contributed by atoms with Gasteiger partial charge in [0.15, 0.2) is 4.47 Å². The maximum atomic E-state index is 10.3. The number of aldehydes is 1. The van der Waals surface area contributed by atoms with Gasteiger partial charge in [0.2, 0.25) is 0 Å². The fraction of sp³-hybridized carbons (Fsp3) is 0.600. The summed E-state index contributed by atoms with van der Waals surface area (Å²) in [5.74, 6) is 0.657. The molecule has 2 nitrogen and oxygen atoms in total. The molecule has 0 fully saturated rings. The Hall–Kier alpha value is -0.410. The Balaban J connectivity index is 2.01. The van der Waals surface area contributed by atoms with E-state index in [-0.39, 0.29) is 0 Å². The lowest BCUT2D eigenvalue weighted by Gasteiger charge is -2.19. The number of thiazole rings is 1. The molecule has 0 N–H and O–H groups in total. The van der Waals surface area contributed by atoms with Crippen LogP contribution in [0.3, 0.4) is 0 Å². The molecule has 0 saturated carbocycles. The molecule has 1 atom stereocenters. The minimum Gasteiger partial charge on any atom is -0.303 e. The maximum Gasteiger partial charge on any atom is 0.184 e. The summed E-state index contributed by atoms with van der Waals surface area (Å²) in [5.41, 5.74) is 1.18. The first-order chi connectivity index (χ1) is 6.79. The fourth-order valence-corrected chi connectivity index (χ4v) is 3.29. The zero-order valence-corrected chi connectivity index (χ0v) is 9.40. The van der Waals surface area contributed by atoms with Gasteiger partial charge in [0.05, 0.1) is 5.69 Å². The lowest BCUT2D eigenvalue weighted by molar-refractivity contribution is -0.108. The largest absolute Gasteiger partial charge is 0.303 e. The van der Waals surface area contributed by atoms with Crippen LogP contribution in [0.2, 0.25) is 4.47 Å². The van der Waals surface area contributed by atoms with Gasteiger partial charge in [-0.2, -0.15) is 0 Å². The molecule has 2 rings (SSSR count). The van der Waals surface area contributed by atoms with E-state index in [1.165, 1.54) is 10.6 Å². The summed E-state index contributed by atoms with van der Waals surface area (Å²) in [7, 11) is 0. The quantitative estimate of drug-likeness (QED) is 0.746. The second kappa shape index (κ2) is 4.41. The first kappa shape index (κ1) is 10.1. The Labute approximate surface area is 92.3 Å². The van der Waals surface area contributed by atoms with Gasteiger partial charge in [-0.3, -0.25) is 0 Å². The van der Waals surface area contributed by atoms with Crippen LogP contribution >= 0.6 is 22.9 Å². The topological polar surface area (TPSA) is 30.0 Å². The summed E-state index contributed by atoms with van der Waals surface area (Å²) in [6, 6.07) is 0. The lowest BCUT2D eigenvalue weighted by Crippen LogP contribution is -2.12. The molecule has 0 bridgehead atoms. The van der Waals surface area contributed by atoms with Crippen molar-refractivity contribution in [3.05, 3.63) is 15.0 Å². The van der Waals surface area contributed by atoms with Crippen LogP contribution in [0.5, 0.6) is 0 Å². The average Bonchev–Trinajstić information content (AvgIpc) is 2.54. The smallest absolute Gasteiger partial charge is 0.184 e. The highest BCUT2D eigenvalue weighted by Gasteiger charge is 2.21. The molecular weight excluding hydrogens is 218 g/mol. The zero-order chi connectivity index (χ0) is 9.97. The Morgan fingerprint density at radius 1 is 1.64 bits per heavy atom. The number of hydrogen-bond donors (Lipinski definition) is 0. The van der Waals surface area contributed by atoms with E-state index in [1.807, 2.05) is 0 Å². The second-order valence-corrected chi connectivity index (χ2v) is 5.36. The normalized spacial score (nSPS) is 20.5. The van der Waals surface area contributed by atoms with Gasteiger partial charge >= 0.3 is 0 Å². The molecule has 0 saturated heterocycles. The van der Waals surface area contributed by atoms with E-state index in [1.54, 1.807) is 11.3 Å². The molecule has 0 aliphatic heterocycles. The van der Waals surface area contributed by atoms with E-state index in [9.17, 15) is 4.79 Å². The second-order valence-electron chi connectivity index (χ2n) is 3.69. The summed E-state index contributed by atoms with van der Waals surface area (Å²) < 4.78 is 0.658. The minimum atomic E-state index is 0.657. The van der Waals surface area contributed by atoms with Gasteiger partial charge in [-0.15, -0.1) is 11.3 Å². The molecule has 76 valence electrons. The van der Waals surface area contributed by atoms with E-state index >= 15 is 0 Å². The molecule has 0 radical (unpaired) electrons. The maximum absolute atomic E-state index is 10.3. The number of aryl methyl sites for hydroxylation is 1. The minimum absolute atomic E-state index is 0.657. The van der Waals surface area contributed by atoms with Crippen LogP contribution in [0.25, 0.3) is 0 Å². The molecular formula is C10H12ClNOS. The number of carbonyl (C=O) groups is 1. The van der Waals surface area contributed by atoms with Crippen LogP contribution in [0, 0.1) is 5.92 Å². The van der Waals surface area contributed by atoms with Gasteiger partial charge in [-0.25, -0.2) is 4.98 Å². The number of rotatable bonds is 3. The van der Waals surface area contributed by atoms with Crippen molar-refractivity contribution < 1.29 is 4.79 Å². The van der Waals surface area contributed by atoms with Gasteiger partial charge in [0.25, 0.3) is 0 Å². The highest BCUT2D eigenvalue weighted by atomic mass is 35.5. The van der Waals surface area contributed by atoms with E-state index in [4.69, 9.17) is 11.6 Å². The summed E-state index contributed by atoms with van der Waals surface area (Å²) in [4.78, 5) is 15.9. The highest BCUT2D eigenvalue weighted by molar-refractivity contribution is 7.15. The van der Waals surface area contributed by atoms with Crippen molar-refractivity contribution in [2.75, 3.05) is 0 Å². The van der Waals surface area contributed by atoms with Gasteiger partial charge in [-0.05, 0) is 31.6 Å². The third-order valence-corrected chi connectivity index (χ3v) is 3.93. The van der Waals surface area contributed by atoms with Crippen LogP contribution in [0.1, 0.15) is 29.8 Å². The number of aromatic nitrogens is 1. The van der Waals surface area contributed by atoms with E-state index in [0.717, 1.165) is 32.0 Å². The number of halogens is 1. The van der Waals surface area contributed by atoms with Gasteiger partial charge in [0.1, 0.15) is 6.29 Å². The fourth-order valence-electron chi connectivity index (χ4n) is 1.96. The highest BCUT2D eigenvalue weighted by Crippen LogP contribution is 2.33. The molecule has 1 aromatic rings. The Morgan fingerprint density at radius 2 is 2.50 bits per heavy atom. The molecule has 1 aliphatic carbocycles. The molecule has 0 spiro atoms. The first-order valence-corrected chi connectivity index (χ1v) is 6.06. The van der Waals surface area contributed by atoms with Crippen molar-refractivity contribution in [2.45, 2.75) is 32.1 Å². The molecule has 14 heavy (non-hydrogen) atoms. The molecule has 4 heteroatoms. The summed E-state index contributed by atoms with van der Waals surface area (Å²) in [6.07, 6.45) is 5.96. The molecule has 0 amide bonds. The standard InChI is InChI=1S/C10H12ClNOS/c11-10-12-8-4-3-7(2-1-5-13)6-9(8)14-10/h5,7H,1-4,6H2. The third-order valence-electron chi connectivity index (χ3n) is 2.71. The van der Waals surface area contributed by atoms with Crippen LogP contribution in [-0.4, -0.2) is 11.3 Å². The summed E-state index contributed by atoms with van der Waals surface area (Å²) >= 11 is 7.45. The van der Waals surface area contributed by atoms with Crippen molar-refractivity contribution in [3.63, 3.8) is 0 Å². The van der Waals surface area contributed by atoms with Crippen molar-refractivity contribution in [1.29, 1.82) is 0 Å². The lowest BCUT2D eigenvalue weighted by atomic mass is 9.88. The molecule has 1 unspecified atom stereocenters. The Bertz CT molecular complexity index is 337. The van der Waals surface area contributed by atoms with Crippen LogP contribution in [0.15, 0.2) is 0 Å². The molecule has 1 heterocycles. The van der Waals surface area contributed by atoms with Crippen molar-refractivity contribution in [2.24, 2.45) is 5.92 Å². The summed E-state index contributed by atoms with van der Waals surface area (Å²) in [6.45, 7) is 0. The van der Waals surface area contributed by atoms with E-state index < -0.39 is 0 Å². The molecule has 0 aromatic carbocycles. The van der Waals surface area contributed by atoms with Gasteiger partial charge in [0, 0.05) is 11.3 Å². The zero-order valence-electron chi connectivity index (χ0n) is 7.83. The number of hydrogen-bond acceptors (Lipinski definition) is 3. The average molecular weight is 230 g/mol. The predicted molar refractivity (Wildman–Crippen MR) is 57.9 cm³/mol. The van der Waals surface area contributed by atoms with Crippen molar-refractivity contribution in [1.82, 2.24) is 4.98 Å². The molecule has 1 aromatic heterocycles. The third kappa shape index (κ3) is 2.15. The van der Waals surface area contributed by atoms with E-state index in [2.05, 4.69) is 4.98 Å². The summed E-state index contributed by atoms with van der Waals surface area (Å²) in [5, 5.41) is 0. The Kier molecular flexibility index (Phi) is 3.19. The number of carbonyl (C=O) groups excluding carboxylic acids is 1. The van der Waals surface area contributed by atoms with Gasteiger partial charge < -0.3 is 4.79 Å². The first-order valence-electron chi connectivity index (χ1n) is 4.87. The van der Waals surface area contributed by atoms with Crippen LogP contribution in [-0.2, 0) is 17.6 Å².